The highest BCUT2D eigenvalue weighted by Crippen LogP contribution is 2.29. The Kier molecular flexibility index (Phi) is 3.98. The van der Waals surface area contributed by atoms with E-state index in [1.807, 2.05) is 4.68 Å². The van der Waals surface area contributed by atoms with Crippen molar-refractivity contribution in [2.24, 2.45) is 5.73 Å². The van der Waals surface area contributed by atoms with Crippen LogP contribution in [0.4, 0.5) is 0 Å². The van der Waals surface area contributed by atoms with E-state index in [-0.39, 0.29) is 0 Å². The molecule has 1 aromatic heterocycles. The van der Waals surface area contributed by atoms with Crippen LogP contribution in [0.15, 0.2) is 48.8 Å². The summed E-state index contributed by atoms with van der Waals surface area (Å²) in [6, 6.07) is 8.82. The Hall–Kier alpha value is -2.33. The minimum atomic E-state index is 0.598. The fraction of sp³-hybridized carbons (Fsp3) is 0.350. The first-order chi connectivity index (χ1) is 11.7. The highest BCUT2D eigenvalue weighted by Gasteiger charge is 2.19. The standard InChI is InChI=1S/C20H24N4/c1-14(21)19-6-2-4-17-13-24(23-20(17)19)18-9-7-15(8-10-18)16-5-3-11-22-12-16/h6-10,13,16,22H,1-5,11-12,21H2. The van der Waals surface area contributed by atoms with Crippen molar-refractivity contribution in [3.63, 3.8) is 0 Å². The molecule has 4 rings (SSSR count). The van der Waals surface area contributed by atoms with Gasteiger partial charge in [-0.2, -0.15) is 5.10 Å². The average molecular weight is 320 g/mol. The van der Waals surface area contributed by atoms with Crippen molar-refractivity contribution in [3.05, 3.63) is 65.6 Å². The fourth-order valence-electron chi connectivity index (χ4n) is 3.74. The van der Waals surface area contributed by atoms with Crippen LogP contribution >= 0.6 is 0 Å². The van der Waals surface area contributed by atoms with Crippen molar-refractivity contribution in [2.45, 2.75) is 31.6 Å². The van der Waals surface area contributed by atoms with Gasteiger partial charge < -0.3 is 11.1 Å². The SMILES string of the molecule is C=C(N)C1=CCCc2cn(-c3ccc(C4CCCNC4)cc3)nc21. The van der Waals surface area contributed by atoms with Crippen LogP contribution in [-0.2, 0) is 6.42 Å². The third-order valence-corrected chi connectivity index (χ3v) is 5.08. The molecular formula is C20H24N4. The molecule has 1 aliphatic heterocycles. The quantitative estimate of drug-likeness (QED) is 0.913. The summed E-state index contributed by atoms with van der Waals surface area (Å²) in [7, 11) is 0. The molecule has 2 aliphatic rings. The number of aryl methyl sites for hydroxylation is 1. The zero-order valence-corrected chi connectivity index (χ0v) is 14.0. The second-order valence-electron chi connectivity index (χ2n) is 6.76. The average Bonchev–Trinajstić information content (AvgIpc) is 3.06. The number of rotatable bonds is 3. The molecule has 1 atom stereocenters. The van der Waals surface area contributed by atoms with E-state index in [0.717, 1.165) is 42.9 Å². The van der Waals surface area contributed by atoms with Gasteiger partial charge in [0.15, 0.2) is 0 Å². The number of aromatic nitrogens is 2. The summed E-state index contributed by atoms with van der Waals surface area (Å²) < 4.78 is 1.97. The molecule has 0 radical (unpaired) electrons. The minimum absolute atomic E-state index is 0.598. The van der Waals surface area contributed by atoms with Gasteiger partial charge in [-0.15, -0.1) is 0 Å². The van der Waals surface area contributed by atoms with E-state index in [4.69, 9.17) is 10.8 Å². The molecule has 2 aromatic rings. The molecule has 0 saturated carbocycles. The van der Waals surface area contributed by atoms with E-state index >= 15 is 0 Å². The van der Waals surface area contributed by atoms with Crippen molar-refractivity contribution in [1.29, 1.82) is 0 Å². The number of hydrogen-bond donors (Lipinski definition) is 2. The van der Waals surface area contributed by atoms with Gasteiger partial charge in [0.1, 0.15) is 0 Å². The Labute approximate surface area is 143 Å². The molecule has 1 aromatic carbocycles. The second kappa shape index (κ2) is 6.29. The number of benzene rings is 1. The van der Waals surface area contributed by atoms with Gasteiger partial charge >= 0.3 is 0 Å². The number of nitrogens with two attached hydrogens (primary N) is 1. The van der Waals surface area contributed by atoms with E-state index in [2.05, 4.69) is 48.4 Å². The zero-order chi connectivity index (χ0) is 16.5. The van der Waals surface area contributed by atoms with Gasteiger partial charge in [-0.3, -0.25) is 0 Å². The lowest BCUT2D eigenvalue weighted by Gasteiger charge is -2.23. The summed E-state index contributed by atoms with van der Waals surface area (Å²) in [6.45, 7) is 6.11. The summed E-state index contributed by atoms with van der Waals surface area (Å²) in [5.74, 6) is 0.633. The Bertz CT molecular complexity index is 776. The Morgan fingerprint density at radius 2 is 2.12 bits per heavy atom. The van der Waals surface area contributed by atoms with E-state index in [9.17, 15) is 0 Å². The molecule has 0 bridgehead atoms. The van der Waals surface area contributed by atoms with Gasteiger partial charge in [0, 0.05) is 24.0 Å². The molecule has 3 N–H and O–H groups in total. The Morgan fingerprint density at radius 1 is 1.29 bits per heavy atom. The third-order valence-electron chi connectivity index (χ3n) is 5.08. The Balaban J connectivity index is 1.61. The van der Waals surface area contributed by atoms with Gasteiger partial charge in [-0.05, 0) is 61.4 Å². The zero-order valence-electron chi connectivity index (χ0n) is 14.0. The maximum absolute atomic E-state index is 5.91. The molecule has 0 spiro atoms. The van der Waals surface area contributed by atoms with Crippen molar-refractivity contribution < 1.29 is 0 Å². The maximum Gasteiger partial charge on any atom is 0.0976 e. The molecule has 24 heavy (non-hydrogen) atoms. The largest absolute Gasteiger partial charge is 0.399 e. The molecule has 4 heteroatoms. The predicted molar refractivity (Wildman–Crippen MR) is 98.0 cm³/mol. The summed E-state index contributed by atoms with van der Waals surface area (Å²) in [5, 5.41) is 8.25. The molecular weight excluding hydrogens is 296 g/mol. The maximum atomic E-state index is 5.91. The first-order valence-corrected chi connectivity index (χ1v) is 8.77. The van der Waals surface area contributed by atoms with Gasteiger partial charge in [0.2, 0.25) is 0 Å². The lowest BCUT2D eigenvalue weighted by Crippen LogP contribution is -2.28. The van der Waals surface area contributed by atoms with Gasteiger partial charge in [-0.1, -0.05) is 24.8 Å². The number of nitrogens with zero attached hydrogens (tertiary/aromatic N) is 2. The summed E-state index contributed by atoms with van der Waals surface area (Å²) >= 11 is 0. The molecule has 1 saturated heterocycles. The summed E-state index contributed by atoms with van der Waals surface area (Å²) in [5.41, 5.74) is 12.2. The van der Waals surface area contributed by atoms with Crippen LogP contribution in [0.25, 0.3) is 11.3 Å². The highest BCUT2D eigenvalue weighted by atomic mass is 15.3. The number of fused-ring (bicyclic) bond motifs is 1. The number of allylic oxidation sites excluding steroid dienone is 2. The number of nitrogens with one attached hydrogen (secondary N) is 1. The molecule has 4 nitrogen and oxygen atoms in total. The lowest BCUT2D eigenvalue weighted by molar-refractivity contribution is 0.461. The van der Waals surface area contributed by atoms with Gasteiger partial charge in [0.05, 0.1) is 11.4 Å². The minimum Gasteiger partial charge on any atom is -0.399 e. The van der Waals surface area contributed by atoms with Crippen LogP contribution in [-0.4, -0.2) is 22.9 Å². The summed E-state index contributed by atoms with van der Waals surface area (Å²) in [6.07, 6.45) is 8.81. The molecule has 2 heterocycles. The molecule has 0 amide bonds. The van der Waals surface area contributed by atoms with E-state index in [1.165, 1.54) is 24.0 Å². The normalized spacial score (nSPS) is 20.3. The van der Waals surface area contributed by atoms with Crippen LogP contribution in [0.5, 0.6) is 0 Å². The summed E-state index contributed by atoms with van der Waals surface area (Å²) in [4.78, 5) is 0. The second-order valence-corrected chi connectivity index (χ2v) is 6.76. The molecule has 1 aliphatic carbocycles. The lowest BCUT2D eigenvalue weighted by atomic mass is 9.92. The van der Waals surface area contributed by atoms with Gasteiger partial charge in [-0.25, -0.2) is 4.68 Å². The first kappa shape index (κ1) is 15.2. The first-order valence-electron chi connectivity index (χ1n) is 8.77. The van der Waals surface area contributed by atoms with E-state index < -0.39 is 0 Å². The van der Waals surface area contributed by atoms with Gasteiger partial charge in [0.25, 0.3) is 0 Å². The van der Waals surface area contributed by atoms with Crippen molar-refractivity contribution in [1.82, 2.24) is 15.1 Å². The monoisotopic (exact) mass is 320 g/mol. The van der Waals surface area contributed by atoms with Crippen molar-refractivity contribution >= 4 is 5.57 Å². The number of hydrogen-bond acceptors (Lipinski definition) is 3. The van der Waals surface area contributed by atoms with Crippen molar-refractivity contribution in [3.8, 4) is 5.69 Å². The smallest absolute Gasteiger partial charge is 0.0976 e. The van der Waals surface area contributed by atoms with E-state index in [1.54, 1.807) is 0 Å². The number of piperidine rings is 1. The Morgan fingerprint density at radius 3 is 2.83 bits per heavy atom. The van der Waals surface area contributed by atoms with Crippen LogP contribution in [0, 0.1) is 0 Å². The topological polar surface area (TPSA) is 55.9 Å². The molecule has 124 valence electrons. The van der Waals surface area contributed by atoms with Crippen molar-refractivity contribution in [2.75, 3.05) is 13.1 Å². The van der Waals surface area contributed by atoms with Crippen LogP contribution in [0.2, 0.25) is 0 Å². The third kappa shape index (κ3) is 2.78. The molecule has 1 fully saturated rings. The van der Waals surface area contributed by atoms with Crippen LogP contribution < -0.4 is 11.1 Å². The predicted octanol–water partition coefficient (Wildman–Crippen LogP) is 3.14. The highest BCUT2D eigenvalue weighted by molar-refractivity contribution is 5.78. The fourth-order valence-corrected chi connectivity index (χ4v) is 3.74. The van der Waals surface area contributed by atoms with Crippen LogP contribution in [0.1, 0.15) is 42.0 Å². The van der Waals surface area contributed by atoms with E-state index in [0.29, 0.717) is 11.6 Å². The van der Waals surface area contributed by atoms with Crippen LogP contribution in [0.3, 0.4) is 0 Å². The molecule has 1 unspecified atom stereocenters.